The molecule has 11 heavy (non-hydrogen) atoms. The highest BCUT2D eigenvalue weighted by molar-refractivity contribution is 5.92. The quantitative estimate of drug-likeness (QED) is 0.575. The second-order valence-corrected chi connectivity index (χ2v) is 3.62. The van der Waals surface area contributed by atoms with E-state index in [1.165, 1.54) is 12.1 Å². The van der Waals surface area contributed by atoms with Crippen molar-refractivity contribution in [2.75, 3.05) is 0 Å². The van der Waals surface area contributed by atoms with E-state index < -0.39 is 0 Å². The van der Waals surface area contributed by atoms with Crippen molar-refractivity contribution in [2.24, 2.45) is 16.3 Å². The predicted molar refractivity (Wildman–Crippen MR) is 49.8 cm³/mol. The summed E-state index contributed by atoms with van der Waals surface area (Å²) in [6, 6.07) is 0. The smallest absolute Gasteiger partial charge is 0.0278 e. The van der Waals surface area contributed by atoms with Crippen molar-refractivity contribution in [1.82, 2.24) is 0 Å². The minimum Gasteiger partial charge on any atom is -0.265 e. The lowest BCUT2D eigenvalue weighted by atomic mass is 9.74. The van der Waals surface area contributed by atoms with Crippen LogP contribution in [-0.2, 0) is 0 Å². The zero-order valence-corrected chi connectivity index (χ0v) is 7.89. The molecule has 0 aromatic rings. The summed E-state index contributed by atoms with van der Waals surface area (Å²) in [6.45, 7) is 8.90. The van der Waals surface area contributed by atoms with Crippen LogP contribution in [0.5, 0.6) is 0 Å². The Morgan fingerprint density at radius 3 is 2.64 bits per heavy atom. The molecular formula is C10H17N. The van der Waals surface area contributed by atoms with Gasteiger partial charge >= 0.3 is 0 Å². The number of allylic oxidation sites excluding steroid dienone is 1. The first kappa shape index (κ1) is 8.51. The van der Waals surface area contributed by atoms with Crippen LogP contribution in [0.15, 0.2) is 17.3 Å². The number of rotatable bonds is 2. The monoisotopic (exact) mass is 151 g/mol. The Hall–Kier alpha value is -0.590. The highest BCUT2D eigenvalue weighted by atomic mass is 14.8. The number of hydrogen-bond donors (Lipinski definition) is 0. The van der Waals surface area contributed by atoms with Gasteiger partial charge < -0.3 is 0 Å². The molecule has 0 amide bonds. The first-order chi connectivity index (χ1) is 5.11. The van der Waals surface area contributed by atoms with Gasteiger partial charge in [0.25, 0.3) is 0 Å². The van der Waals surface area contributed by atoms with Gasteiger partial charge in [-0.1, -0.05) is 33.3 Å². The van der Waals surface area contributed by atoms with Gasteiger partial charge in [-0.05, 0) is 12.8 Å². The molecule has 2 unspecified atom stereocenters. The van der Waals surface area contributed by atoms with Crippen LogP contribution in [0.2, 0.25) is 0 Å². The summed E-state index contributed by atoms with van der Waals surface area (Å²) >= 11 is 0. The molecule has 1 aliphatic rings. The topological polar surface area (TPSA) is 12.4 Å². The molecule has 0 spiro atoms. The molecule has 1 nitrogen and oxygen atoms in total. The second kappa shape index (κ2) is 2.80. The average Bonchev–Trinajstić information content (AvgIpc) is 2.32. The van der Waals surface area contributed by atoms with Gasteiger partial charge in [-0.25, -0.2) is 0 Å². The molecule has 1 aliphatic heterocycles. The fourth-order valence-electron chi connectivity index (χ4n) is 1.51. The van der Waals surface area contributed by atoms with E-state index in [0.717, 1.165) is 0 Å². The van der Waals surface area contributed by atoms with Gasteiger partial charge in [0.15, 0.2) is 0 Å². The van der Waals surface area contributed by atoms with Crippen LogP contribution in [0.4, 0.5) is 0 Å². The van der Waals surface area contributed by atoms with Gasteiger partial charge in [0.2, 0.25) is 0 Å². The number of nitrogens with zero attached hydrogens (tertiary/aromatic N) is 1. The molecule has 0 aliphatic carbocycles. The normalized spacial score (nSPS) is 32.2. The van der Waals surface area contributed by atoms with E-state index in [2.05, 4.69) is 38.8 Å². The van der Waals surface area contributed by atoms with Crippen molar-refractivity contribution in [3.63, 3.8) is 0 Å². The van der Waals surface area contributed by atoms with E-state index in [1.807, 2.05) is 6.20 Å². The van der Waals surface area contributed by atoms with E-state index in [1.54, 1.807) is 0 Å². The third-order valence-corrected chi connectivity index (χ3v) is 3.10. The van der Waals surface area contributed by atoms with Crippen molar-refractivity contribution < 1.29 is 0 Å². The van der Waals surface area contributed by atoms with Crippen LogP contribution in [0.1, 0.15) is 34.1 Å². The van der Waals surface area contributed by atoms with Crippen LogP contribution >= 0.6 is 0 Å². The first-order valence-electron chi connectivity index (χ1n) is 4.34. The summed E-state index contributed by atoms with van der Waals surface area (Å²) in [4.78, 5) is 4.29. The van der Waals surface area contributed by atoms with Gasteiger partial charge in [0.1, 0.15) is 0 Å². The highest BCUT2D eigenvalue weighted by Crippen LogP contribution is 2.35. The highest BCUT2D eigenvalue weighted by Gasteiger charge is 2.32. The summed E-state index contributed by atoms with van der Waals surface area (Å²) < 4.78 is 0. The van der Waals surface area contributed by atoms with Crippen LogP contribution in [0, 0.1) is 11.3 Å². The Balaban J connectivity index is 2.83. The first-order valence-corrected chi connectivity index (χ1v) is 4.34. The molecule has 1 heterocycles. The molecule has 0 radical (unpaired) electrons. The van der Waals surface area contributed by atoms with E-state index in [9.17, 15) is 0 Å². The Labute approximate surface area is 69.2 Å². The predicted octanol–water partition coefficient (Wildman–Crippen LogP) is 3.03. The largest absolute Gasteiger partial charge is 0.265 e. The Kier molecular flexibility index (Phi) is 2.17. The fourth-order valence-corrected chi connectivity index (χ4v) is 1.51. The molecule has 0 N–H and O–H groups in total. The van der Waals surface area contributed by atoms with Crippen molar-refractivity contribution in [1.29, 1.82) is 0 Å². The van der Waals surface area contributed by atoms with Crippen molar-refractivity contribution in [3.05, 3.63) is 12.3 Å². The maximum Gasteiger partial charge on any atom is 0.0278 e. The van der Waals surface area contributed by atoms with Gasteiger partial charge in [0.05, 0.1) is 0 Å². The van der Waals surface area contributed by atoms with Crippen molar-refractivity contribution >= 4 is 5.71 Å². The second-order valence-electron chi connectivity index (χ2n) is 3.62. The van der Waals surface area contributed by atoms with Crippen LogP contribution < -0.4 is 0 Å². The third kappa shape index (κ3) is 1.24. The number of hydrogen-bond acceptors (Lipinski definition) is 1. The van der Waals surface area contributed by atoms with Gasteiger partial charge in [-0.3, -0.25) is 4.99 Å². The lowest BCUT2D eigenvalue weighted by molar-refractivity contribution is 0.373. The molecule has 0 bridgehead atoms. The van der Waals surface area contributed by atoms with Crippen LogP contribution in [0.25, 0.3) is 0 Å². The minimum atomic E-state index is 0.231. The van der Waals surface area contributed by atoms with E-state index in [-0.39, 0.29) is 5.41 Å². The summed E-state index contributed by atoms with van der Waals surface area (Å²) in [5, 5.41) is 0. The summed E-state index contributed by atoms with van der Waals surface area (Å²) in [6.07, 6.45) is 5.37. The zero-order valence-electron chi connectivity index (χ0n) is 7.89. The molecule has 2 atom stereocenters. The van der Waals surface area contributed by atoms with Gasteiger partial charge in [0, 0.05) is 17.3 Å². The molecule has 62 valence electrons. The van der Waals surface area contributed by atoms with Crippen LogP contribution in [0.3, 0.4) is 0 Å². The van der Waals surface area contributed by atoms with Gasteiger partial charge in [-0.15, -0.1) is 0 Å². The lowest BCUT2D eigenvalue weighted by Gasteiger charge is -2.29. The summed E-state index contributed by atoms with van der Waals surface area (Å²) in [7, 11) is 0. The van der Waals surface area contributed by atoms with Gasteiger partial charge in [-0.2, -0.15) is 0 Å². The molecular weight excluding hydrogens is 134 g/mol. The Morgan fingerprint density at radius 1 is 1.64 bits per heavy atom. The molecule has 0 aromatic carbocycles. The Morgan fingerprint density at radius 2 is 2.27 bits per heavy atom. The maximum absolute atomic E-state index is 4.29. The van der Waals surface area contributed by atoms with E-state index >= 15 is 0 Å². The summed E-state index contributed by atoms with van der Waals surface area (Å²) in [5.74, 6) is 0.699. The molecule has 1 rings (SSSR count). The number of aliphatic imine (C=N–C) groups is 1. The zero-order chi connectivity index (χ0) is 8.48. The molecule has 1 heteroatoms. The van der Waals surface area contributed by atoms with E-state index in [4.69, 9.17) is 0 Å². The third-order valence-electron chi connectivity index (χ3n) is 3.10. The average molecular weight is 151 g/mol. The molecule has 0 saturated carbocycles. The maximum atomic E-state index is 4.29. The molecule has 0 aromatic heterocycles. The Bertz CT molecular complexity index is 203. The van der Waals surface area contributed by atoms with Crippen LogP contribution in [-0.4, -0.2) is 5.71 Å². The fraction of sp³-hybridized carbons (Fsp3) is 0.700. The van der Waals surface area contributed by atoms with E-state index in [0.29, 0.717) is 5.92 Å². The van der Waals surface area contributed by atoms with Crippen molar-refractivity contribution in [3.8, 4) is 0 Å². The minimum absolute atomic E-state index is 0.231. The molecule has 0 fully saturated rings. The molecule has 0 saturated heterocycles. The SMILES string of the molecule is CCC(C)C1(C)C=CN=C1C. The van der Waals surface area contributed by atoms with Crippen molar-refractivity contribution in [2.45, 2.75) is 34.1 Å². The standard InChI is InChI=1S/C10H17N/c1-5-8(2)10(4)6-7-11-9(10)3/h6-8H,5H2,1-4H3. The summed E-state index contributed by atoms with van der Waals surface area (Å²) in [5.41, 5.74) is 1.49. The lowest BCUT2D eigenvalue weighted by Crippen LogP contribution is -2.28.